The summed E-state index contributed by atoms with van der Waals surface area (Å²) >= 11 is 6.80. The third-order valence-corrected chi connectivity index (χ3v) is 8.21. The number of nitrogens with one attached hydrogen (secondary N) is 2. The van der Waals surface area contributed by atoms with Crippen molar-refractivity contribution < 1.29 is 9.26 Å². The van der Waals surface area contributed by atoms with E-state index < -0.39 is 0 Å². The SMILES string of the molecule is Cc1nc(-c2ccc(-c3cc4c(n(CC5CCNCC5)c3=O)=NC(NC3CCOCC3)=CCCC=4)c(Cl)c2)no1. The Kier molecular flexibility index (Phi) is 8.13. The lowest BCUT2D eigenvalue weighted by Gasteiger charge is -2.25. The molecule has 10 heteroatoms. The lowest BCUT2D eigenvalue weighted by molar-refractivity contribution is 0.0802. The highest BCUT2D eigenvalue weighted by Crippen LogP contribution is 2.29. The fraction of sp³-hybridized carbons (Fsp3) is 0.467. The maximum Gasteiger partial charge on any atom is 0.260 e. The first-order chi connectivity index (χ1) is 19.5. The van der Waals surface area contributed by atoms with Crippen molar-refractivity contribution >= 4 is 17.7 Å². The van der Waals surface area contributed by atoms with Crippen LogP contribution in [0.1, 0.15) is 44.4 Å². The van der Waals surface area contributed by atoms with Gasteiger partial charge in [-0.3, -0.25) is 9.36 Å². The number of nitrogens with zero attached hydrogens (tertiary/aromatic N) is 4. The minimum atomic E-state index is -0.0783. The van der Waals surface area contributed by atoms with Crippen LogP contribution in [-0.4, -0.2) is 47.1 Å². The van der Waals surface area contributed by atoms with Crippen LogP contribution >= 0.6 is 11.6 Å². The molecular weight excluding hydrogens is 528 g/mol. The van der Waals surface area contributed by atoms with E-state index >= 15 is 0 Å². The molecule has 2 fully saturated rings. The van der Waals surface area contributed by atoms with Crippen LogP contribution in [0.25, 0.3) is 28.6 Å². The summed E-state index contributed by atoms with van der Waals surface area (Å²) in [5, 5.41) is 12.5. The number of rotatable bonds is 6. The second-order valence-electron chi connectivity index (χ2n) is 10.8. The molecule has 2 N–H and O–H groups in total. The molecule has 210 valence electrons. The van der Waals surface area contributed by atoms with Crippen molar-refractivity contribution in [2.45, 2.75) is 58.0 Å². The standard InChI is InChI=1S/C30H35ClN6O3/c1-19-33-28(36-40-19)21-6-7-24(26(31)17-21)25-16-22-4-2-3-5-27(34-23-10-14-39-15-11-23)35-29(22)37(30(25)38)18-20-8-12-32-13-9-20/h4-7,16-17,20,23,32,34H,2-3,8-15,18H2,1H3. The molecule has 40 heavy (non-hydrogen) atoms. The predicted molar refractivity (Wildman–Crippen MR) is 154 cm³/mol. The van der Waals surface area contributed by atoms with Gasteiger partial charge in [0, 0.05) is 59.7 Å². The van der Waals surface area contributed by atoms with E-state index in [1.165, 1.54) is 0 Å². The van der Waals surface area contributed by atoms with Gasteiger partial charge in [0.1, 0.15) is 11.3 Å². The number of halogens is 1. The lowest BCUT2D eigenvalue weighted by atomic mass is 9.97. The molecule has 6 rings (SSSR count). The third kappa shape index (κ3) is 5.92. The highest BCUT2D eigenvalue weighted by atomic mass is 35.5. The molecule has 2 aromatic heterocycles. The molecule has 0 amide bonds. The molecule has 0 spiro atoms. The summed E-state index contributed by atoms with van der Waals surface area (Å²) < 4.78 is 12.6. The number of hydrogen-bond acceptors (Lipinski definition) is 8. The first-order valence-corrected chi connectivity index (χ1v) is 14.6. The molecule has 9 nitrogen and oxygen atoms in total. The molecule has 2 saturated heterocycles. The molecule has 3 aromatic rings. The largest absolute Gasteiger partial charge is 0.381 e. The Balaban J connectivity index is 1.46. The summed E-state index contributed by atoms with van der Waals surface area (Å²) in [5.74, 6) is 2.19. The lowest BCUT2D eigenvalue weighted by Crippen LogP contribution is -2.47. The van der Waals surface area contributed by atoms with Gasteiger partial charge < -0.3 is 19.9 Å². The fourth-order valence-electron chi connectivity index (χ4n) is 5.69. The number of aromatic nitrogens is 3. The van der Waals surface area contributed by atoms with Gasteiger partial charge in [-0.15, -0.1) is 0 Å². The van der Waals surface area contributed by atoms with Crippen LogP contribution in [-0.2, 0) is 11.3 Å². The van der Waals surface area contributed by atoms with E-state index in [9.17, 15) is 4.79 Å². The van der Waals surface area contributed by atoms with E-state index in [-0.39, 0.29) is 5.56 Å². The Morgan fingerprint density at radius 1 is 1.07 bits per heavy atom. The van der Waals surface area contributed by atoms with E-state index in [1.807, 2.05) is 22.8 Å². The van der Waals surface area contributed by atoms with Gasteiger partial charge in [0.25, 0.3) is 5.56 Å². The molecule has 5 heterocycles. The summed E-state index contributed by atoms with van der Waals surface area (Å²) in [5.41, 5.74) is 2.63. The molecule has 1 aromatic carbocycles. The summed E-state index contributed by atoms with van der Waals surface area (Å²) in [6.07, 6.45) is 10.0. The molecule has 0 bridgehead atoms. The smallest absolute Gasteiger partial charge is 0.260 e. The Morgan fingerprint density at radius 3 is 2.62 bits per heavy atom. The van der Waals surface area contributed by atoms with E-state index in [0.29, 0.717) is 51.9 Å². The zero-order valence-electron chi connectivity index (χ0n) is 22.8. The minimum absolute atomic E-state index is 0.0783. The van der Waals surface area contributed by atoms with Crippen molar-refractivity contribution in [1.82, 2.24) is 25.3 Å². The second kappa shape index (κ2) is 12.1. The maximum atomic E-state index is 14.2. The van der Waals surface area contributed by atoms with Crippen molar-refractivity contribution in [3.63, 3.8) is 0 Å². The number of pyridine rings is 1. The Hall–Kier alpha value is -3.27. The summed E-state index contributed by atoms with van der Waals surface area (Å²) in [4.78, 5) is 23.6. The van der Waals surface area contributed by atoms with Crippen LogP contribution < -0.4 is 26.9 Å². The molecule has 3 aliphatic heterocycles. The molecule has 3 aliphatic rings. The topological polar surface area (TPSA) is 107 Å². The summed E-state index contributed by atoms with van der Waals surface area (Å²) in [6.45, 7) is 5.80. The van der Waals surface area contributed by atoms with Gasteiger partial charge in [0.15, 0.2) is 0 Å². The molecular formula is C30H35ClN6O3. The molecule has 0 atom stereocenters. The number of benzene rings is 1. The van der Waals surface area contributed by atoms with Gasteiger partial charge in [-0.05, 0) is 75.7 Å². The Bertz CT molecular complexity index is 1580. The van der Waals surface area contributed by atoms with Crippen molar-refractivity contribution in [3.8, 4) is 22.5 Å². The van der Waals surface area contributed by atoms with Crippen LogP contribution in [0, 0.1) is 12.8 Å². The van der Waals surface area contributed by atoms with Gasteiger partial charge in [0.2, 0.25) is 11.7 Å². The zero-order chi connectivity index (χ0) is 27.5. The average Bonchev–Trinajstić information content (AvgIpc) is 3.40. The van der Waals surface area contributed by atoms with Gasteiger partial charge in [-0.25, -0.2) is 4.99 Å². The average molecular weight is 563 g/mol. The van der Waals surface area contributed by atoms with E-state index in [4.69, 9.17) is 25.9 Å². The monoisotopic (exact) mass is 562 g/mol. The highest BCUT2D eigenvalue weighted by Gasteiger charge is 2.20. The zero-order valence-corrected chi connectivity index (χ0v) is 23.5. The quantitative estimate of drug-likeness (QED) is 0.474. The van der Waals surface area contributed by atoms with Crippen molar-refractivity contribution in [2.75, 3.05) is 26.3 Å². The van der Waals surface area contributed by atoms with Crippen LogP contribution in [0.15, 0.2) is 50.5 Å². The Morgan fingerprint density at radius 2 is 1.88 bits per heavy atom. The van der Waals surface area contributed by atoms with Gasteiger partial charge >= 0.3 is 0 Å². The van der Waals surface area contributed by atoms with E-state index in [2.05, 4.69) is 32.9 Å². The van der Waals surface area contributed by atoms with Crippen LogP contribution in [0.3, 0.4) is 0 Å². The van der Waals surface area contributed by atoms with Gasteiger partial charge in [-0.2, -0.15) is 4.98 Å². The Labute approximate surface area is 238 Å². The van der Waals surface area contributed by atoms with Gasteiger partial charge in [0.05, 0.1) is 0 Å². The first kappa shape index (κ1) is 26.9. The number of allylic oxidation sites excluding steroid dienone is 1. The molecule has 0 unspecified atom stereocenters. The summed E-state index contributed by atoms with van der Waals surface area (Å²) in [7, 11) is 0. The maximum absolute atomic E-state index is 14.2. The third-order valence-electron chi connectivity index (χ3n) is 7.90. The highest BCUT2D eigenvalue weighted by molar-refractivity contribution is 6.33. The molecule has 0 aliphatic carbocycles. The van der Waals surface area contributed by atoms with Crippen LogP contribution in [0.4, 0.5) is 0 Å². The number of piperidine rings is 1. The number of fused-ring (bicyclic) bond motifs is 1. The molecule has 0 saturated carbocycles. The minimum Gasteiger partial charge on any atom is -0.381 e. The van der Waals surface area contributed by atoms with Crippen LogP contribution in [0.2, 0.25) is 5.02 Å². The molecule has 0 radical (unpaired) electrons. The van der Waals surface area contributed by atoms with E-state index in [0.717, 1.165) is 81.4 Å². The second-order valence-corrected chi connectivity index (χ2v) is 11.2. The van der Waals surface area contributed by atoms with Crippen molar-refractivity contribution in [3.05, 3.63) is 68.1 Å². The number of ether oxygens (including phenoxy) is 1. The normalized spacial score (nSPS) is 18.6. The first-order valence-electron chi connectivity index (χ1n) is 14.2. The summed E-state index contributed by atoms with van der Waals surface area (Å²) in [6, 6.07) is 7.82. The van der Waals surface area contributed by atoms with E-state index in [1.54, 1.807) is 13.0 Å². The van der Waals surface area contributed by atoms with Crippen LogP contribution in [0.5, 0.6) is 0 Å². The van der Waals surface area contributed by atoms with Gasteiger partial charge in [-0.1, -0.05) is 35.0 Å². The predicted octanol–water partition coefficient (Wildman–Crippen LogP) is 3.33. The number of aryl methyl sites for hydroxylation is 1. The fourth-order valence-corrected chi connectivity index (χ4v) is 5.97. The van der Waals surface area contributed by atoms with Crippen molar-refractivity contribution in [2.24, 2.45) is 10.9 Å². The number of hydrogen-bond donors (Lipinski definition) is 2. The van der Waals surface area contributed by atoms with Crippen molar-refractivity contribution in [1.29, 1.82) is 0 Å².